The standard InChI is InChI=1S/C15H26N2OS/c1-11-4-5-14(19-11)15(12(2)16)17-8-6-13(7-9-17)10-18-3/h4-5,12-13,15H,6-10,16H2,1-3H3. The molecule has 3 nitrogen and oxygen atoms in total. The fourth-order valence-electron chi connectivity index (χ4n) is 3.02. The number of methoxy groups -OCH3 is 1. The third-order valence-corrected chi connectivity index (χ3v) is 5.07. The predicted molar refractivity (Wildman–Crippen MR) is 81.6 cm³/mol. The zero-order chi connectivity index (χ0) is 13.8. The van der Waals surface area contributed by atoms with E-state index in [1.54, 1.807) is 7.11 Å². The summed E-state index contributed by atoms with van der Waals surface area (Å²) in [6.07, 6.45) is 2.45. The monoisotopic (exact) mass is 282 g/mol. The summed E-state index contributed by atoms with van der Waals surface area (Å²) in [5.74, 6) is 0.722. The summed E-state index contributed by atoms with van der Waals surface area (Å²) < 4.78 is 5.27. The first kappa shape index (κ1) is 15.0. The molecule has 108 valence electrons. The number of ether oxygens (including phenoxy) is 1. The normalized spacial score (nSPS) is 21.5. The molecule has 1 aromatic rings. The van der Waals surface area contributed by atoms with Crippen molar-refractivity contribution in [2.45, 2.75) is 38.8 Å². The van der Waals surface area contributed by atoms with Crippen LogP contribution in [0.4, 0.5) is 0 Å². The second kappa shape index (κ2) is 6.84. The molecule has 0 bridgehead atoms. The average Bonchev–Trinajstić information content (AvgIpc) is 2.78. The van der Waals surface area contributed by atoms with Crippen LogP contribution in [-0.2, 0) is 4.74 Å². The number of hydrogen-bond acceptors (Lipinski definition) is 4. The lowest BCUT2D eigenvalue weighted by Crippen LogP contribution is -2.43. The Morgan fingerprint density at radius 1 is 1.42 bits per heavy atom. The van der Waals surface area contributed by atoms with Gasteiger partial charge in [0.1, 0.15) is 0 Å². The van der Waals surface area contributed by atoms with Gasteiger partial charge < -0.3 is 10.5 Å². The molecule has 1 aliphatic rings. The summed E-state index contributed by atoms with van der Waals surface area (Å²) in [5.41, 5.74) is 6.24. The van der Waals surface area contributed by atoms with Gasteiger partial charge in [-0.3, -0.25) is 4.90 Å². The number of hydrogen-bond donors (Lipinski definition) is 1. The predicted octanol–water partition coefficient (Wildman–Crippen LogP) is 2.80. The first-order valence-corrected chi connectivity index (χ1v) is 7.98. The molecular formula is C15H26N2OS. The number of likely N-dealkylation sites (tertiary alicyclic amines) is 1. The summed E-state index contributed by atoms with van der Waals surface area (Å²) in [7, 11) is 1.80. The Balaban J connectivity index is 2.01. The summed E-state index contributed by atoms with van der Waals surface area (Å²) in [5, 5.41) is 0. The van der Waals surface area contributed by atoms with E-state index in [1.807, 2.05) is 11.3 Å². The van der Waals surface area contributed by atoms with Crippen LogP contribution >= 0.6 is 11.3 Å². The average molecular weight is 282 g/mol. The zero-order valence-corrected chi connectivity index (χ0v) is 13.1. The molecule has 0 saturated carbocycles. The lowest BCUT2D eigenvalue weighted by Gasteiger charge is -2.38. The van der Waals surface area contributed by atoms with Gasteiger partial charge in [0.25, 0.3) is 0 Å². The van der Waals surface area contributed by atoms with Crippen LogP contribution in [0.25, 0.3) is 0 Å². The number of nitrogens with zero attached hydrogens (tertiary/aromatic N) is 1. The molecule has 0 amide bonds. The van der Waals surface area contributed by atoms with Gasteiger partial charge in [-0.05, 0) is 57.8 Å². The minimum Gasteiger partial charge on any atom is -0.384 e. The lowest BCUT2D eigenvalue weighted by atomic mass is 9.95. The Kier molecular flexibility index (Phi) is 5.39. The Morgan fingerprint density at radius 2 is 2.11 bits per heavy atom. The van der Waals surface area contributed by atoms with Gasteiger partial charge in [0.05, 0.1) is 6.04 Å². The Morgan fingerprint density at radius 3 is 2.58 bits per heavy atom. The lowest BCUT2D eigenvalue weighted by molar-refractivity contribution is 0.0745. The molecule has 2 atom stereocenters. The van der Waals surface area contributed by atoms with E-state index in [1.165, 1.54) is 22.6 Å². The zero-order valence-electron chi connectivity index (χ0n) is 12.3. The number of piperidine rings is 1. The fraction of sp³-hybridized carbons (Fsp3) is 0.733. The van der Waals surface area contributed by atoms with Crippen molar-refractivity contribution in [3.05, 3.63) is 21.9 Å². The summed E-state index contributed by atoms with van der Waals surface area (Å²) in [6.45, 7) is 7.46. The van der Waals surface area contributed by atoms with Crippen molar-refractivity contribution >= 4 is 11.3 Å². The molecule has 0 aliphatic carbocycles. The molecule has 19 heavy (non-hydrogen) atoms. The van der Waals surface area contributed by atoms with Gasteiger partial charge in [-0.2, -0.15) is 0 Å². The molecule has 2 heterocycles. The molecule has 1 fully saturated rings. The Hall–Kier alpha value is -0.420. The van der Waals surface area contributed by atoms with Crippen LogP contribution in [0.1, 0.15) is 35.6 Å². The van der Waals surface area contributed by atoms with Crippen LogP contribution in [-0.4, -0.2) is 37.7 Å². The second-order valence-corrected chi connectivity index (χ2v) is 7.01. The highest BCUT2D eigenvalue weighted by Crippen LogP contribution is 2.32. The summed E-state index contributed by atoms with van der Waals surface area (Å²) >= 11 is 1.88. The van der Waals surface area contributed by atoms with Gasteiger partial charge in [-0.15, -0.1) is 11.3 Å². The van der Waals surface area contributed by atoms with Gasteiger partial charge in [0, 0.05) is 29.5 Å². The Bertz CT molecular complexity index is 383. The van der Waals surface area contributed by atoms with Gasteiger partial charge >= 0.3 is 0 Å². The van der Waals surface area contributed by atoms with E-state index in [0.717, 1.165) is 25.6 Å². The summed E-state index contributed by atoms with van der Waals surface area (Å²) in [6, 6.07) is 5.00. The first-order valence-electron chi connectivity index (χ1n) is 7.16. The molecule has 2 unspecified atom stereocenters. The maximum absolute atomic E-state index is 6.24. The highest BCUT2D eigenvalue weighted by atomic mass is 32.1. The SMILES string of the molecule is COCC1CCN(C(c2ccc(C)s2)C(C)N)CC1. The van der Waals surface area contributed by atoms with Crippen molar-refractivity contribution in [1.29, 1.82) is 0 Å². The van der Waals surface area contributed by atoms with E-state index in [4.69, 9.17) is 10.5 Å². The number of thiophene rings is 1. The van der Waals surface area contributed by atoms with Crippen LogP contribution < -0.4 is 5.73 Å². The van der Waals surface area contributed by atoms with Crippen LogP contribution in [0.15, 0.2) is 12.1 Å². The van der Waals surface area contributed by atoms with E-state index in [2.05, 4.69) is 30.9 Å². The molecular weight excluding hydrogens is 256 g/mol. The third kappa shape index (κ3) is 3.78. The number of rotatable bonds is 5. The molecule has 2 N–H and O–H groups in total. The molecule has 1 aromatic heterocycles. The fourth-order valence-corrected chi connectivity index (χ4v) is 4.15. The van der Waals surface area contributed by atoms with Crippen molar-refractivity contribution in [2.75, 3.05) is 26.8 Å². The molecule has 2 rings (SSSR count). The highest BCUT2D eigenvalue weighted by molar-refractivity contribution is 7.12. The molecule has 4 heteroatoms. The van der Waals surface area contributed by atoms with E-state index >= 15 is 0 Å². The van der Waals surface area contributed by atoms with E-state index < -0.39 is 0 Å². The van der Waals surface area contributed by atoms with Crippen molar-refractivity contribution in [3.8, 4) is 0 Å². The topological polar surface area (TPSA) is 38.5 Å². The van der Waals surface area contributed by atoms with Crippen LogP contribution in [0.5, 0.6) is 0 Å². The minimum absolute atomic E-state index is 0.178. The molecule has 1 saturated heterocycles. The first-order chi connectivity index (χ1) is 9.11. The highest BCUT2D eigenvalue weighted by Gasteiger charge is 2.29. The molecule has 1 aliphatic heterocycles. The van der Waals surface area contributed by atoms with E-state index in [9.17, 15) is 0 Å². The smallest absolute Gasteiger partial charge is 0.0590 e. The van der Waals surface area contributed by atoms with Crippen LogP contribution in [0.3, 0.4) is 0 Å². The van der Waals surface area contributed by atoms with Crippen molar-refractivity contribution in [3.63, 3.8) is 0 Å². The van der Waals surface area contributed by atoms with Crippen LogP contribution in [0, 0.1) is 12.8 Å². The molecule has 0 aromatic carbocycles. The van der Waals surface area contributed by atoms with Crippen molar-refractivity contribution in [2.24, 2.45) is 11.7 Å². The van der Waals surface area contributed by atoms with Crippen molar-refractivity contribution < 1.29 is 4.74 Å². The largest absolute Gasteiger partial charge is 0.384 e. The van der Waals surface area contributed by atoms with Gasteiger partial charge in [-0.1, -0.05) is 0 Å². The quantitative estimate of drug-likeness (QED) is 0.902. The van der Waals surface area contributed by atoms with Gasteiger partial charge in [0.2, 0.25) is 0 Å². The minimum atomic E-state index is 0.178. The van der Waals surface area contributed by atoms with Crippen LogP contribution in [0.2, 0.25) is 0 Å². The van der Waals surface area contributed by atoms with E-state index in [0.29, 0.717) is 6.04 Å². The molecule has 0 spiro atoms. The number of nitrogens with two attached hydrogens (primary N) is 1. The molecule has 0 radical (unpaired) electrons. The Labute approximate surface area is 120 Å². The van der Waals surface area contributed by atoms with Gasteiger partial charge in [0.15, 0.2) is 0 Å². The summed E-state index contributed by atoms with van der Waals surface area (Å²) in [4.78, 5) is 5.34. The maximum Gasteiger partial charge on any atom is 0.0590 e. The van der Waals surface area contributed by atoms with Crippen molar-refractivity contribution in [1.82, 2.24) is 4.90 Å². The van der Waals surface area contributed by atoms with E-state index in [-0.39, 0.29) is 6.04 Å². The third-order valence-electron chi connectivity index (χ3n) is 4.00. The maximum atomic E-state index is 6.24. The number of aryl methyl sites for hydroxylation is 1. The van der Waals surface area contributed by atoms with Gasteiger partial charge in [-0.25, -0.2) is 0 Å². The second-order valence-electron chi connectivity index (χ2n) is 5.69.